The third-order valence-electron chi connectivity index (χ3n) is 7.72. The molecule has 11 heteroatoms. The van der Waals surface area contributed by atoms with Crippen LogP contribution in [0.4, 0.5) is 0 Å². The quantitative estimate of drug-likeness (QED) is 0.0244. The molecule has 0 spiro atoms. The molecule has 0 aliphatic rings. The Morgan fingerprint density at radius 3 is 1.67 bits per heavy atom. The summed E-state index contributed by atoms with van der Waals surface area (Å²) in [6.07, 6.45) is 43.8. The molecular weight excluding hydrogens is 681 g/mol. The lowest BCUT2D eigenvalue weighted by Gasteiger charge is -2.20. The van der Waals surface area contributed by atoms with Crippen molar-refractivity contribution in [1.29, 1.82) is 0 Å². The second kappa shape index (κ2) is 36.8. The molecule has 0 rings (SSSR count). The number of carboxylic acids is 1. The van der Waals surface area contributed by atoms with Crippen LogP contribution in [-0.2, 0) is 32.7 Å². The van der Waals surface area contributed by atoms with Crippen LogP contribution in [0.1, 0.15) is 136 Å². The van der Waals surface area contributed by atoms with Gasteiger partial charge in [-0.15, -0.1) is 0 Å². The zero-order valence-corrected chi connectivity index (χ0v) is 33.0. The lowest BCUT2D eigenvalue weighted by Crippen LogP contribution is -2.34. The zero-order valence-electron chi connectivity index (χ0n) is 32.1. The van der Waals surface area contributed by atoms with Gasteiger partial charge in [0.15, 0.2) is 0 Å². The third kappa shape index (κ3) is 35.8. The minimum Gasteiger partial charge on any atom is -0.480 e. The van der Waals surface area contributed by atoms with Crippen LogP contribution in [0, 0.1) is 0 Å². The van der Waals surface area contributed by atoms with E-state index in [1.165, 1.54) is 38.5 Å². The van der Waals surface area contributed by atoms with E-state index < -0.39 is 45.1 Å². The summed E-state index contributed by atoms with van der Waals surface area (Å²) < 4.78 is 33.2. The summed E-state index contributed by atoms with van der Waals surface area (Å²) in [5.74, 6) is -1.83. The predicted molar refractivity (Wildman–Crippen MR) is 212 cm³/mol. The van der Waals surface area contributed by atoms with Gasteiger partial charge in [0.05, 0.1) is 19.8 Å². The molecule has 298 valence electrons. The van der Waals surface area contributed by atoms with Crippen LogP contribution in [-0.4, -0.2) is 60.5 Å². The molecule has 0 saturated heterocycles. The van der Waals surface area contributed by atoms with Crippen molar-refractivity contribution in [3.63, 3.8) is 0 Å². The fraction of sp³-hybridized carbons (Fsp3) is 0.659. The summed E-state index contributed by atoms with van der Waals surface area (Å²) in [4.78, 5) is 33.4. The first-order valence-electron chi connectivity index (χ1n) is 19.5. The van der Waals surface area contributed by atoms with E-state index >= 15 is 0 Å². The Hall–Kier alpha value is -2.59. The summed E-state index contributed by atoms with van der Waals surface area (Å²) in [6, 6.07) is -1.48. The molecule has 0 aromatic heterocycles. The number of phosphoric acid groups is 1. The molecule has 0 amide bonds. The fourth-order valence-electron chi connectivity index (χ4n) is 4.67. The number of rotatable bonds is 36. The van der Waals surface area contributed by atoms with Crippen molar-refractivity contribution < 1.29 is 42.7 Å². The number of allylic oxidation sites excluding steroid dienone is 12. The second-order valence-corrected chi connectivity index (χ2v) is 14.1. The predicted octanol–water partition coefficient (Wildman–Crippen LogP) is 10.2. The normalized spacial score (nSPS) is 14.8. The molecule has 10 nitrogen and oxygen atoms in total. The number of unbranched alkanes of at least 4 members (excludes halogenated alkanes) is 10. The van der Waals surface area contributed by atoms with Gasteiger partial charge in [0.1, 0.15) is 12.1 Å². The standard InChI is InChI=1S/C41H70NO9P/c1-3-5-7-9-11-13-15-17-19-21-23-25-27-29-31-33-40(43)51-38(36-49-52(46,47)50-37-39(42)41(44)45)35-48-34-32-30-28-26-24-22-20-18-16-14-12-10-8-6-4-2/h5,7,10-13,16-19,23,25,38-39H,3-4,6,8-9,14-15,20-22,24,26-37,42H2,1-2H3,(H,44,45)(H,46,47)/b7-5-,12-10-,13-11-,18-16-,19-17-,25-23-. The van der Waals surface area contributed by atoms with Crippen molar-refractivity contribution in [3.8, 4) is 0 Å². The second-order valence-electron chi connectivity index (χ2n) is 12.7. The van der Waals surface area contributed by atoms with Gasteiger partial charge >= 0.3 is 19.8 Å². The SMILES string of the molecule is CC/C=C\C/C=C\C/C=C\C/C=C\CCCCC(=O)OC(COCCCCCCCC/C=C\C/C=C\CCCC)COP(=O)(O)OCC(N)C(=O)O. The number of carboxylic acid groups (broad SMARTS) is 1. The van der Waals surface area contributed by atoms with Crippen LogP contribution in [0.3, 0.4) is 0 Å². The summed E-state index contributed by atoms with van der Waals surface area (Å²) in [5, 5.41) is 8.87. The lowest BCUT2D eigenvalue weighted by molar-refractivity contribution is -0.154. The minimum absolute atomic E-state index is 0.0114. The van der Waals surface area contributed by atoms with E-state index in [4.69, 9.17) is 24.8 Å². The smallest absolute Gasteiger partial charge is 0.472 e. The van der Waals surface area contributed by atoms with Gasteiger partial charge < -0.3 is 25.2 Å². The Morgan fingerprint density at radius 2 is 1.12 bits per heavy atom. The molecule has 3 atom stereocenters. The Labute approximate surface area is 314 Å². The van der Waals surface area contributed by atoms with Gasteiger partial charge in [0, 0.05) is 13.0 Å². The first-order chi connectivity index (χ1) is 25.2. The molecule has 0 radical (unpaired) electrons. The molecule has 3 unspecified atom stereocenters. The number of carbonyl (C=O) groups is 2. The van der Waals surface area contributed by atoms with Gasteiger partial charge in [-0.3, -0.25) is 18.6 Å². The van der Waals surface area contributed by atoms with E-state index in [0.717, 1.165) is 70.6 Å². The Balaban J connectivity index is 4.41. The van der Waals surface area contributed by atoms with Crippen LogP contribution >= 0.6 is 7.82 Å². The highest BCUT2D eigenvalue weighted by atomic mass is 31.2. The molecule has 52 heavy (non-hydrogen) atoms. The first kappa shape index (κ1) is 49.4. The largest absolute Gasteiger partial charge is 0.480 e. The Bertz CT molecular complexity index is 1100. The van der Waals surface area contributed by atoms with Crippen LogP contribution < -0.4 is 5.73 Å². The van der Waals surface area contributed by atoms with Gasteiger partial charge in [0.2, 0.25) is 0 Å². The number of phosphoric ester groups is 1. The molecule has 0 bridgehead atoms. The number of carbonyl (C=O) groups excluding carboxylic acids is 1. The van der Waals surface area contributed by atoms with E-state index in [-0.39, 0.29) is 13.0 Å². The van der Waals surface area contributed by atoms with Crippen molar-refractivity contribution in [3.05, 3.63) is 72.9 Å². The van der Waals surface area contributed by atoms with E-state index in [9.17, 15) is 19.0 Å². The van der Waals surface area contributed by atoms with Crippen molar-refractivity contribution in [2.24, 2.45) is 5.73 Å². The molecule has 0 aromatic carbocycles. The number of aliphatic carboxylic acids is 1. The molecule has 0 heterocycles. The number of hydrogen-bond donors (Lipinski definition) is 3. The maximum absolute atomic E-state index is 12.6. The van der Waals surface area contributed by atoms with Crippen LogP contribution in [0.2, 0.25) is 0 Å². The van der Waals surface area contributed by atoms with E-state index in [0.29, 0.717) is 13.0 Å². The number of nitrogens with two attached hydrogens (primary N) is 1. The van der Waals surface area contributed by atoms with Gasteiger partial charge in [-0.05, 0) is 77.0 Å². The van der Waals surface area contributed by atoms with Crippen LogP contribution in [0.15, 0.2) is 72.9 Å². The van der Waals surface area contributed by atoms with Crippen molar-refractivity contribution >= 4 is 19.8 Å². The topological polar surface area (TPSA) is 155 Å². The average Bonchev–Trinajstić information content (AvgIpc) is 3.12. The van der Waals surface area contributed by atoms with Crippen LogP contribution in [0.25, 0.3) is 0 Å². The third-order valence-corrected chi connectivity index (χ3v) is 8.67. The highest BCUT2D eigenvalue weighted by molar-refractivity contribution is 7.47. The van der Waals surface area contributed by atoms with Crippen molar-refractivity contribution in [1.82, 2.24) is 0 Å². The van der Waals surface area contributed by atoms with Gasteiger partial charge in [-0.25, -0.2) is 4.57 Å². The van der Waals surface area contributed by atoms with Gasteiger partial charge in [-0.1, -0.05) is 125 Å². The Kier molecular flexibility index (Phi) is 34.9. The summed E-state index contributed by atoms with van der Waals surface area (Å²) in [7, 11) is -4.63. The zero-order chi connectivity index (χ0) is 38.4. The summed E-state index contributed by atoms with van der Waals surface area (Å²) in [6.45, 7) is 3.62. The first-order valence-corrected chi connectivity index (χ1v) is 21.0. The van der Waals surface area contributed by atoms with E-state index in [1.807, 2.05) is 0 Å². The highest BCUT2D eigenvalue weighted by Crippen LogP contribution is 2.43. The van der Waals surface area contributed by atoms with Crippen molar-refractivity contribution in [2.45, 2.75) is 148 Å². The number of esters is 1. The molecule has 0 aromatic rings. The molecule has 4 N–H and O–H groups in total. The van der Waals surface area contributed by atoms with Crippen LogP contribution in [0.5, 0.6) is 0 Å². The average molecular weight is 752 g/mol. The molecule has 0 fully saturated rings. The van der Waals surface area contributed by atoms with Gasteiger partial charge in [0.25, 0.3) is 0 Å². The summed E-state index contributed by atoms with van der Waals surface area (Å²) in [5.41, 5.74) is 5.34. The van der Waals surface area contributed by atoms with E-state index in [1.54, 1.807) is 0 Å². The maximum atomic E-state index is 12.6. The molecule has 0 saturated carbocycles. The molecule has 0 aliphatic carbocycles. The Morgan fingerprint density at radius 1 is 0.635 bits per heavy atom. The molecule has 0 aliphatic heterocycles. The number of hydrogen-bond acceptors (Lipinski definition) is 8. The minimum atomic E-state index is -4.63. The maximum Gasteiger partial charge on any atom is 0.472 e. The number of ether oxygens (including phenoxy) is 2. The monoisotopic (exact) mass is 751 g/mol. The van der Waals surface area contributed by atoms with Gasteiger partial charge in [-0.2, -0.15) is 0 Å². The highest BCUT2D eigenvalue weighted by Gasteiger charge is 2.27. The van der Waals surface area contributed by atoms with Crippen molar-refractivity contribution in [2.75, 3.05) is 26.4 Å². The fourth-order valence-corrected chi connectivity index (χ4v) is 5.45. The van der Waals surface area contributed by atoms with E-state index in [2.05, 4.69) is 91.3 Å². The molecular formula is C41H70NO9P. The summed E-state index contributed by atoms with van der Waals surface area (Å²) >= 11 is 0. The lowest BCUT2D eigenvalue weighted by atomic mass is 10.1.